The normalized spacial score (nSPS) is 14.2. The molecule has 1 aliphatic heterocycles. The van der Waals surface area contributed by atoms with Crippen molar-refractivity contribution >= 4 is 29.1 Å². The fraction of sp³-hybridized carbons (Fsp3) is 0.273. The van der Waals surface area contributed by atoms with Crippen LogP contribution >= 0.6 is 11.8 Å². The van der Waals surface area contributed by atoms with Gasteiger partial charge in [-0.15, -0.1) is 11.8 Å². The number of ether oxygens (including phenoxy) is 1. The first kappa shape index (κ1) is 19.2. The van der Waals surface area contributed by atoms with Crippen LogP contribution in [0.4, 0.5) is 0 Å². The van der Waals surface area contributed by atoms with Crippen molar-refractivity contribution in [3.05, 3.63) is 70.6 Å². The Bertz CT molecular complexity index is 861. The van der Waals surface area contributed by atoms with E-state index in [0.29, 0.717) is 34.1 Å². The molecule has 2 amide bonds. The van der Waals surface area contributed by atoms with Crippen molar-refractivity contribution < 1.29 is 14.3 Å². The van der Waals surface area contributed by atoms with Crippen LogP contribution in [0.3, 0.4) is 0 Å². The number of para-hydroxylation sites is 1. The molecule has 0 unspecified atom stereocenters. The van der Waals surface area contributed by atoms with E-state index in [-0.39, 0.29) is 11.8 Å². The molecule has 0 bridgehead atoms. The summed E-state index contributed by atoms with van der Waals surface area (Å²) in [6.45, 7) is 2.49. The van der Waals surface area contributed by atoms with Gasteiger partial charge in [-0.3, -0.25) is 14.5 Å². The molecule has 0 aromatic heterocycles. The number of unbranched alkanes of at least 4 members (excludes halogenated alkanes) is 1. The third-order valence-electron chi connectivity index (χ3n) is 4.46. The first-order valence-corrected chi connectivity index (χ1v) is 10.1. The number of methoxy groups -OCH3 is 1. The van der Waals surface area contributed by atoms with Crippen LogP contribution in [-0.2, 0) is 15.3 Å². The molecule has 27 heavy (non-hydrogen) atoms. The zero-order valence-electron chi connectivity index (χ0n) is 15.6. The Morgan fingerprint density at radius 3 is 2.37 bits per heavy atom. The fourth-order valence-corrected chi connectivity index (χ4v) is 4.10. The van der Waals surface area contributed by atoms with Crippen molar-refractivity contribution in [3.8, 4) is 5.75 Å². The van der Waals surface area contributed by atoms with Crippen LogP contribution in [0.5, 0.6) is 5.75 Å². The summed E-state index contributed by atoms with van der Waals surface area (Å²) in [5, 5.41) is 0. The molecule has 0 spiro atoms. The second-order valence-electron chi connectivity index (χ2n) is 6.29. The predicted octanol–water partition coefficient (Wildman–Crippen LogP) is 4.51. The van der Waals surface area contributed by atoms with E-state index < -0.39 is 0 Å². The van der Waals surface area contributed by atoms with Crippen molar-refractivity contribution in [2.75, 3.05) is 13.7 Å². The predicted molar refractivity (Wildman–Crippen MR) is 109 cm³/mol. The van der Waals surface area contributed by atoms with E-state index in [2.05, 4.69) is 0 Å². The lowest BCUT2D eigenvalue weighted by molar-refractivity contribution is -0.136. The van der Waals surface area contributed by atoms with Crippen LogP contribution < -0.4 is 4.74 Å². The van der Waals surface area contributed by atoms with Crippen LogP contribution in [0.15, 0.2) is 59.5 Å². The zero-order valence-corrected chi connectivity index (χ0v) is 16.4. The molecule has 1 aliphatic rings. The third kappa shape index (κ3) is 4.08. The van der Waals surface area contributed by atoms with Crippen molar-refractivity contribution in [3.63, 3.8) is 0 Å². The van der Waals surface area contributed by atoms with Crippen LogP contribution in [0.25, 0.3) is 5.57 Å². The molecular formula is C22H23NO3S. The molecule has 0 atom stereocenters. The highest BCUT2D eigenvalue weighted by molar-refractivity contribution is 8.03. The number of hydrogen-bond acceptors (Lipinski definition) is 4. The number of nitrogens with zero attached hydrogens (tertiary/aromatic N) is 1. The van der Waals surface area contributed by atoms with E-state index in [0.717, 1.165) is 18.4 Å². The number of thioether (sulfide) groups is 1. The minimum absolute atomic E-state index is 0.199. The molecule has 5 heteroatoms. The summed E-state index contributed by atoms with van der Waals surface area (Å²) in [5.74, 6) is 0.808. The highest BCUT2D eigenvalue weighted by atomic mass is 32.2. The Labute approximate surface area is 164 Å². The lowest BCUT2D eigenvalue weighted by atomic mass is 10.1. The summed E-state index contributed by atoms with van der Waals surface area (Å²) in [5.41, 5.74) is 2.24. The summed E-state index contributed by atoms with van der Waals surface area (Å²) >= 11 is 1.42. The monoisotopic (exact) mass is 381 g/mol. The summed E-state index contributed by atoms with van der Waals surface area (Å²) in [6.07, 6.45) is 1.72. The summed E-state index contributed by atoms with van der Waals surface area (Å²) in [6, 6.07) is 17.3. The van der Waals surface area contributed by atoms with Gasteiger partial charge >= 0.3 is 0 Å². The third-order valence-corrected chi connectivity index (χ3v) is 5.61. The maximum atomic E-state index is 13.1. The molecule has 0 saturated heterocycles. The highest BCUT2D eigenvalue weighted by Gasteiger charge is 2.39. The van der Waals surface area contributed by atoms with Crippen LogP contribution in [0.1, 0.15) is 30.9 Å². The number of carbonyl (C=O) groups is 2. The minimum atomic E-state index is -0.228. The Balaban J connectivity index is 1.99. The summed E-state index contributed by atoms with van der Waals surface area (Å²) in [7, 11) is 1.58. The summed E-state index contributed by atoms with van der Waals surface area (Å²) < 4.78 is 5.44. The van der Waals surface area contributed by atoms with Gasteiger partial charge in [-0.25, -0.2) is 0 Å². The van der Waals surface area contributed by atoms with E-state index >= 15 is 0 Å². The molecule has 0 saturated carbocycles. The van der Waals surface area contributed by atoms with E-state index in [9.17, 15) is 9.59 Å². The molecule has 3 rings (SSSR count). The number of carbonyl (C=O) groups excluding carboxylic acids is 2. The molecular weight excluding hydrogens is 358 g/mol. The van der Waals surface area contributed by atoms with Gasteiger partial charge in [0, 0.05) is 17.9 Å². The Kier molecular flexibility index (Phi) is 6.35. The van der Waals surface area contributed by atoms with Crippen LogP contribution in [0, 0.1) is 0 Å². The largest absolute Gasteiger partial charge is 0.496 e. The minimum Gasteiger partial charge on any atom is -0.496 e. The van der Waals surface area contributed by atoms with Crippen molar-refractivity contribution in [2.24, 2.45) is 0 Å². The molecule has 4 nitrogen and oxygen atoms in total. The van der Waals surface area contributed by atoms with Gasteiger partial charge in [-0.05, 0) is 18.1 Å². The molecule has 2 aromatic carbocycles. The quantitative estimate of drug-likeness (QED) is 0.631. The van der Waals surface area contributed by atoms with Gasteiger partial charge < -0.3 is 4.74 Å². The maximum absolute atomic E-state index is 13.1. The number of hydrogen-bond donors (Lipinski definition) is 0. The Hall–Kier alpha value is -2.53. The van der Waals surface area contributed by atoms with Gasteiger partial charge in [0.2, 0.25) is 0 Å². The van der Waals surface area contributed by atoms with E-state index in [1.807, 2.05) is 61.5 Å². The SMILES string of the molecule is CCCCN1C(=O)C(SCc2ccccc2)=C(c2ccccc2OC)C1=O. The second-order valence-corrected chi connectivity index (χ2v) is 7.28. The Morgan fingerprint density at radius 1 is 0.963 bits per heavy atom. The van der Waals surface area contributed by atoms with Crippen molar-refractivity contribution in [1.82, 2.24) is 4.90 Å². The standard InChI is InChI=1S/C22H23NO3S/c1-3-4-14-23-21(24)19(17-12-8-9-13-18(17)26-2)20(22(23)25)27-15-16-10-6-5-7-11-16/h5-13H,3-4,14-15H2,1-2H3. The number of rotatable bonds is 8. The average molecular weight is 381 g/mol. The molecule has 0 aliphatic carbocycles. The molecule has 2 aromatic rings. The van der Waals surface area contributed by atoms with Gasteiger partial charge in [0.05, 0.1) is 17.6 Å². The first-order chi connectivity index (χ1) is 13.2. The van der Waals surface area contributed by atoms with Gasteiger partial charge in [-0.2, -0.15) is 0 Å². The van der Waals surface area contributed by atoms with E-state index in [1.54, 1.807) is 7.11 Å². The first-order valence-electron chi connectivity index (χ1n) is 9.08. The van der Waals surface area contributed by atoms with Gasteiger partial charge in [0.15, 0.2) is 0 Å². The molecule has 0 fully saturated rings. The van der Waals surface area contributed by atoms with Crippen molar-refractivity contribution in [1.29, 1.82) is 0 Å². The lowest BCUT2D eigenvalue weighted by Crippen LogP contribution is -2.32. The average Bonchev–Trinajstić information content (AvgIpc) is 2.94. The summed E-state index contributed by atoms with van der Waals surface area (Å²) in [4.78, 5) is 28.0. The number of benzene rings is 2. The topological polar surface area (TPSA) is 46.6 Å². The van der Waals surface area contributed by atoms with Gasteiger partial charge in [0.1, 0.15) is 5.75 Å². The van der Waals surface area contributed by atoms with E-state index in [4.69, 9.17) is 4.74 Å². The van der Waals surface area contributed by atoms with Crippen LogP contribution in [0.2, 0.25) is 0 Å². The smallest absolute Gasteiger partial charge is 0.267 e. The molecule has 140 valence electrons. The number of amides is 2. The fourth-order valence-electron chi connectivity index (χ4n) is 3.03. The van der Waals surface area contributed by atoms with Gasteiger partial charge in [0.25, 0.3) is 11.8 Å². The number of imide groups is 1. The van der Waals surface area contributed by atoms with Crippen molar-refractivity contribution in [2.45, 2.75) is 25.5 Å². The van der Waals surface area contributed by atoms with E-state index in [1.165, 1.54) is 16.7 Å². The maximum Gasteiger partial charge on any atom is 0.267 e. The molecule has 1 heterocycles. The molecule has 0 radical (unpaired) electrons. The second kappa shape index (κ2) is 8.91. The van der Waals surface area contributed by atoms with Crippen LogP contribution in [-0.4, -0.2) is 30.4 Å². The molecule has 0 N–H and O–H groups in total. The lowest BCUT2D eigenvalue weighted by Gasteiger charge is -2.14. The Morgan fingerprint density at radius 2 is 1.67 bits per heavy atom. The van der Waals surface area contributed by atoms with Gasteiger partial charge in [-0.1, -0.05) is 61.9 Å². The zero-order chi connectivity index (χ0) is 19.2. The highest BCUT2D eigenvalue weighted by Crippen LogP contribution is 2.40.